The number of hydrogen-bond acceptors (Lipinski definition) is 6. The van der Waals surface area contributed by atoms with E-state index in [1.807, 2.05) is 0 Å². The SMILES string of the molecule is CCOP(=O)(O)Cc1nnc2c(=O)[nH]c3cc(C(F)(F)F)c(-n4cc(C)nc4CC)cc3n12. The van der Waals surface area contributed by atoms with Gasteiger partial charge in [-0.05, 0) is 26.0 Å². The van der Waals surface area contributed by atoms with Crippen molar-refractivity contribution in [2.75, 3.05) is 6.61 Å². The van der Waals surface area contributed by atoms with Gasteiger partial charge in [0.25, 0.3) is 5.56 Å². The maximum atomic E-state index is 14.0. The second-order valence-electron chi connectivity index (χ2n) is 7.35. The van der Waals surface area contributed by atoms with Crippen molar-refractivity contribution in [1.82, 2.24) is 29.1 Å². The number of halogens is 3. The number of aromatic nitrogens is 6. The summed E-state index contributed by atoms with van der Waals surface area (Å²) in [5.74, 6) is 0.321. The van der Waals surface area contributed by atoms with E-state index in [1.165, 1.54) is 28.2 Å². The minimum Gasteiger partial charge on any atom is -0.324 e. The zero-order chi connectivity index (χ0) is 24.1. The third kappa shape index (κ3) is 4.19. The van der Waals surface area contributed by atoms with Gasteiger partial charge in [0.1, 0.15) is 17.8 Å². The van der Waals surface area contributed by atoms with Gasteiger partial charge in [-0.25, -0.2) is 4.98 Å². The highest BCUT2D eigenvalue weighted by atomic mass is 31.2. The van der Waals surface area contributed by atoms with Crippen LogP contribution < -0.4 is 5.56 Å². The van der Waals surface area contributed by atoms with Gasteiger partial charge in [0.05, 0.1) is 34.6 Å². The van der Waals surface area contributed by atoms with Gasteiger partial charge in [-0.3, -0.25) is 13.8 Å². The first kappa shape index (κ1) is 23.1. The Labute approximate surface area is 184 Å². The highest BCUT2D eigenvalue weighted by Crippen LogP contribution is 2.45. The van der Waals surface area contributed by atoms with E-state index in [0.29, 0.717) is 17.9 Å². The standard InChI is InChI=1S/C19H20F3N6O4P/c1-4-15-23-10(3)8-27(15)13-7-14-12(6-11(13)19(20,21)22)24-18(29)17-26-25-16(28(14)17)9-33(30,31)32-5-2/h6-8H,4-5,9H2,1-3H3,(H,24,29)(H,30,31). The van der Waals surface area contributed by atoms with Crippen LogP contribution in [-0.4, -0.2) is 40.6 Å². The summed E-state index contributed by atoms with van der Waals surface area (Å²) in [6.45, 7) is 4.94. The van der Waals surface area contributed by atoms with Crippen LogP contribution in [0.3, 0.4) is 0 Å². The summed E-state index contributed by atoms with van der Waals surface area (Å²) >= 11 is 0. The number of rotatable bonds is 6. The van der Waals surface area contributed by atoms with Crippen molar-refractivity contribution in [3.05, 3.63) is 51.6 Å². The number of aromatic amines is 1. The van der Waals surface area contributed by atoms with E-state index in [0.717, 1.165) is 6.07 Å². The molecule has 2 N–H and O–H groups in total. The molecule has 0 saturated heterocycles. The fraction of sp³-hybridized carbons (Fsp3) is 0.368. The minimum atomic E-state index is -4.73. The van der Waals surface area contributed by atoms with E-state index in [-0.39, 0.29) is 34.8 Å². The van der Waals surface area contributed by atoms with E-state index in [1.54, 1.807) is 13.8 Å². The van der Waals surface area contributed by atoms with Crippen molar-refractivity contribution in [3.63, 3.8) is 0 Å². The molecule has 0 radical (unpaired) electrons. The molecule has 1 atom stereocenters. The molecule has 14 heteroatoms. The molecule has 4 rings (SSSR count). The molecule has 0 aliphatic rings. The summed E-state index contributed by atoms with van der Waals surface area (Å²) in [5.41, 5.74) is -1.68. The number of aryl methyl sites for hydroxylation is 2. The van der Waals surface area contributed by atoms with Crippen LogP contribution in [0.15, 0.2) is 23.1 Å². The molecule has 4 aromatic rings. The van der Waals surface area contributed by atoms with Gasteiger partial charge in [-0.1, -0.05) is 6.92 Å². The summed E-state index contributed by atoms with van der Waals surface area (Å²) in [7, 11) is -4.12. The molecule has 1 aromatic carbocycles. The van der Waals surface area contributed by atoms with Crippen LogP contribution in [0.2, 0.25) is 0 Å². The van der Waals surface area contributed by atoms with E-state index >= 15 is 0 Å². The molecule has 0 amide bonds. The monoisotopic (exact) mass is 484 g/mol. The third-order valence-electron chi connectivity index (χ3n) is 4.99. The molecule has 3 heterocycles. The molecule has 1 unspecified atom stereocenters. The second kappa shape index (κ2) is 8.08. The summed E-state index contributed by atoms with van der Waals surface area (Å²) in [6.07, 6.45) is -3.45. The Morgan fingerprint density at radius 3 is 2.58 bits per heavy atom. The Hall–Kier alpha value is -3.02. The fourth-order valence-electron chi connectivity index (χ4n) is 3.72. The van der Waals surface area contributed by atoms with Gasteiger partial charge in [0.2, 0.25) is 5.65 Å². The van der Waals surface area contributed by atoms with E-state index in [2.05, 4.69) is 20.2 Å². The van der Waals surface area contributed by atoms with Gasteiger partial charge in [-0.15, -0.1) is 10.2 Å². The molecule has 33 heavy (non-hydrogen) atoms. The largest absolute Gasteiger partial charge is 0.418 e. The van der Waals surface area contributed by atoms with Gasteiger partial charge >= 0.3 is 13.8 Å². The number of alkyl halides is 3. The van der Waals surface area contributed by atoms with E-state index in [4.69, 9.17) is 4.52 Å². The van der Waals surface area contributed by atoms with Crippen LogP contribution in [0.5, 0.6) is 0 Å². The molecule has 0 aliphatic heterocycles. The van der Waals surface area contributed by atoms with Crippen LogP contribution in [0.25, 0.3) is 22.4 Å². The Balaban J connectivity index is 2.09. The predicted molar refractivity (Wildman–Crippen MR) is 113 cm³/mol. The smallest absolute Gasteiger partial charge is 0.324 e. The lowest BCUT2D eigenvalue weighted by Crippen LogP contribution is -2.16. The molecule has 176 valence electrons. The Morgan fingerprint density at radius 1 is 1.21 bits per heavy atom. The molecule has 0 aliphatic carbocycles. The second-order valence-corrected chi connectivity index (χ2v) is 9.20. The summed E-state index contributed by atoms with van der Waals surface area (Å²) in [5, 5.41) is 7.59. The van der Waals surface area contributed by atoms with E-state index in [9.17, 15) is 27.4 Å². The van der Waals surface area contributed by atoms with Crippen LogP contribution in [0.4, 0.5) is 13.2 Å². The number of fused-ring (bicyclic) bond motifs is 3. The minimum absolute atomic E-state index is 0.0370. The van der Waals surface area contributed by atoms with E-state index < -0.39 is 31.1 Å². The van der Waals surface area contributed by atoms with Crippen molar-refractivity contribution < 1.29 is 27.2 Å². The Morgan fingerprint density at radius 2 is 1.94 bits per heavy atom. The lowest BCUT2D eigenvalue weighted by atomic mass is 10.1. The number of benzene rings is 1. The number of nitrogens with one attached hydrogen (secondary N) is 1. The van der Waals surface area contributed by atoms with Crippen molar-refractivity contribution in [2.45, 2.75) is 39.5 Å². The van der Waals surface area contributed by atoms with Crippen molar-refractivity contribution in [1.29, 1.82) is 0 Å². The van der Waals surface area contributed by atoms with Crippen molar-refractivity contribution in [3.8, 4) is 5.69 Å². The summed E-state index contributed by atoms with van der Waals surface area (Å²) in [6, 6.07) is 2.06. The molecule has 0 bridgehead atoms. The zero-order valence-corrected chi connectivity index (χ0v) is 18.7. The van der Waals surface area contributed by atoms with Crippen LogP contribution in [0, 0.1) is 6.92 Å². The molecule has 3 aromatic heterocycles. The number of imidazole rings is 1. The Kier molecular flexibility index (Phi) is 5.67. The summed E-state index contributed by atoms with van der Waals surface area (Å²) < 4.78 is 61.7. The number of nitrogens with zero attached hydrogens (tertiary/aromatic N) is 5. The lowest BCUT2D eigenvalue weighted by molar-refractivity contribution is -0.137. The Bertz CT molecular complexity index is 1470. The highest BCUT2D eigenvalue weighted by Gasteiger charge is 2.36. The average molecular weight is 484 g/mol. The number of H-pyrrole nitrogens is 1. The van der Waals surface area contributed by atoms with Gasteiger partial charge in [0.15, 0.2) is 0 Å². The van der Waals surface area contributed by atoms with Gasteiger partial charge < -0.3 is 19.0 Å². The molecular weight excluding hydrogens is 464 g/mol. The number of hydrogen-bond donors (Lipinski definition) is 2. The zero-order valence-electron chi connectivity index (χ0n) is 17.8. The lowest BCUT2D eigenvalue weighted by Gasteiger charge is -2.17. The summed E-state index contributed by atoms with van der Waals surface area (Å²) in [4.78, 5) is 29.2. The average Bonchev–Trinajstić information content (AvgIpc) is 3.30. The first-order chi connectivity index (χ1) is 15.4. The topological polar surface area (TPSA) is 127 Å². The van der Waals surface area contributed by atoms with Gasteiger partial charge in [-0.2, -0.15) is 13.2 Å². The van der Waals surface area contributed by atoms with Crippen molar-refractivity contribution in [2.24, 2.45) is 0 Å². The molecule has 10 nitrogen and oxygen atoms in total. The molecular formula is C19H20F3N6O4P. The maximum absolute atomic E-state index is 14.0. The molecule has 0 saturated carbocycles. The first-order valence-electron chi connectivity index (χ1n) is 9.98. The quantitative estimate of drug-likeness (QED) is 0.402. The maximum Gasteiger partial charge on any atom is 0.418 e. The van der Waals surface area contributed by atoms with Gasteiger partial charge in [0, 0.05) is 12.6 Å². The van der Waals surface area contributed by atoms with Crippen LogP contribution in [-0.2, 0) is 27.8 Å². The molecule has 0 fully saturated rings. The first-order valence-corrected chi connectivity index (χ1v) is 11.7. The highest BCUT2D eigenvalue weighted by molar-refractivity contribution is 7.51. The predicted octanol–water partition coefficient (Wildman–Crippen LogP) is 3.37. The normalized spacial score (nSPS) is 14.3. The molecule has 0 spiro atoms. The van der Waals surface area contributed by atoms with Crippen LogP contribution >= 0.6 is 7.60 Å². The van der Waals surface area contributed by atoms with Crippen LogP contribution in [0.1, 0.15) is 36.8 Å². The third-order valence-corrected chi connectivity index (χ3v) is 6.33. The fourth-order valence-corrected chi connectivity index (χ4v) is 4.77. The van der Waals surface area contributed by atoms with Crippen molar-refractivity contribution >= 4 is 24.3 Å².